The van der Waals surface area contributed by atoms with Crippen molar-refractivity contribution < 1.29 is 14.3 Å². The lowest BCUT2D eigenvalue weighted by atomic mass is 10.1. The highest BCUT2D eigenvalue weighted by atomic mass is 16.5. The predicted octanol–water partition coefficient (Wildman–Crippen LogP) is 3.69. The summed E-state index contributed by atoms with van der Waals surface area (Å²) in [5.74, 6) is -0.0348. The van der Waals surface area contributed by atoms with E-state index in [4.69, 9.17) is 4.74 Å². The van der Waals surface area contributed by atoms with Crippen LogP contribution in [0.3, 0.4) is 0 Å². The molecule has 1 aliphatic rings. The van der Waals surface area contributed by atoms with Crippen LogP contribution in [0.15, 0.2) is 54.6 Å². The first-order valence-corrected chi connectivity index (χ1v) is 8.81. The molecule has 136 valence electrons. The van der Waals surface area contributed by atoms with Gasteiger partial charge in [-0.2, -0.15) is 0 Å². The van der Waals surface area contributed by atoms with Crippen molar-refractivity contribution in [3.05, 3.63) is 60.2 Å². The minimum absolute atomic E-state index is 0.0348. The molecule has 0 aliphatic heterocycles. The van der Waals surface area contributed by atoms with E-state index in [1.165, 1.54) is 0 Å². The summed E-state index contributed by atoms with van der Waals surface area (Å²) in [5, 5.41) is 8.97. The molecule has 0 saturated heterocycles. The Bertz CT molecular complexity index is 743. The number of benzene rings is 2. The predicted molar refractivity (Wildman–Crippen MR) is 101 cm³/mol. The average molecular weight is 353 g/mol. The fourth-order valence-electron chi connectivity index (χ4n) is 2.56. The van der Waals surface area contributed by atoms with E-state index in [9.17, 15) is 9.59 Å². The van der Waals surface area contributed by atoms with E-state index in [1.807, 2.05) is 42.5 Å². The first-order chi connectivity index (χ1) is 12.7. The van der Waals surface area contributed by atoms with Crippen molar-refractivity contribution >= 4 is 23.4 Å². The van der Waals surface area contributed by atoms with Gasteiger partial charge >= 0.3 is 6.09 Å². The molecule has 2 aromatic rings. The normalized spacial score (nSPS) is 14.2. The van der Waals surface area contributed by atoms with Crippen LogP contribution in [0.5, 0.6) is 0 Å². The van der Waals surface area contributed by atoms with Crippen LogP contribution in [0.1, 0.15) is 31.4 Å². The highest BCUT2D eigenvalue weighted by Crippen LogP contribution is 2.24. The number of hydrogen-bond donors (Lipinski definition) is 3. The van der Waals surface area contributed by atoms with Gasteiger partial charge in [0.05, 0.1) is 6.61 Å². The van der Waals surface area contributed by atoms with Crippen molar-refractivity contribution in [1.82, 2.24) is 5.32 Å². The van der Waals surface area contributed by atoms with Gasteiger partial charge in [0.15, 0.2) is 0 Å². The molecule has 0 aromatic heterocycles. The number of nitrogens with one attached hydrogen (secondary N) is 3. The third-order valence-electron chi connectivity index (χ3n) is 4.04. The number of carbonyl (C=O) groups excluding carboxylic acids is 2. The largest absolute Gasteiger partial charge is 0.450 e. The third-order valence-corrected chi connectivity index (χ3v) is 4.04. The lowest BCUT2D eigenvalue weighted by Gasteiger charge is -2.20. The van der Waals surface area contributed by atoms with Crippen LogP contribution in [0.25, 0.3) is 0 Å². The molecule has 1 atom stereocenters. The summed E-state index contributed by atoms with van der Waals surface area (Å²) in [6.07, 6.45) is 1.60. The first kappa shape index (κ1) is 17.8. The molecule has 6 heteroatoms. The maximum atomic E-state index is 12.6. The maximum Gasteiger partial charge on any atom is 0.411 e. The summed E-state index contributed by atoms with van der Waals surface area (Å²) in [6.45, 7) is 2.07. The number of anilines is 2. The number of amides is 2. The van der Waals surface area contributed by atoms with Crippen LogP contribution in [-0.4, -0.2) is 24.6 Å². The van der Waals surface area contributed by atoms with Gasteiger partial charge in [-0.15, -0.1) is 0 Å². The van der Waals surface area contributed by atoms with Crippen LogP contribution in [0.4, 0.5) is 16.2 Å². The Morgan fingerprint density at radius 2 is 1.69 bits per heavy atom. The maximum absolute atomic E-state index is 12.6. The highest BCUT2D eigenvalue weighted by Gasteiger charge is 2.28. The zero-order valence-electron chi connectivity index (χ0n) is 14.7. The fraction of sp³-hybridized carbons (Fsp3) is 0.300. The van der Waals surface area contributed by atoms with Crippen molar-refractivity contribution in [2.75, 3.05) is 17.2 Å². The van der Waals surface area contributed by atoms with Crippen molar-refractivity contribution in [2.24, 2.45) is 0 Å². The molecule has 0 spiro atoms. The van der Waals surface area contributed by atoms with E-state index in [2.05, 4.69) is 16.0 Å². The Hall–Kier alpha value is -3.02. The molecule has 3 N–H and O–H groups in total. The number of rotatable bonds is 7. The lowest BCUT2D eigenvalue weighted by molar-refractivity contribution is -0.122. The minimum Gasteiger partial charge on any atom is -0.450 e. The molecule has 0 radical (unpaired) electrons. The lowest BCUT2D eigenvalue weighted by Crippen LogP contribution is -2.34. The van der Waals surface area contributed by atoms with E-state index in [0.29, 0.717) is 18.3 Å². The number of hydrogen-bond acceptors (Lipinski definition) is 4. The zero-order chi connectivity index (χ0) is 18.4. The Labute approximate surface area is 152 Å². The highest BCUT2D eigenvalue weighted by molar-refractivity contribution is 5.87. The van der Waals surface area contributed by atoms with Crippen molar-refractivity contribution in [3.63, 3.8) is 0 Å². The summed E-state index contributed by atoms with van der Waals surface area (Å²) in [5.41, 5.74) is 2.33. The molecule has 6 nitrogen and oxygen atoms in total. The molecular weight excluding hydrogens is 330 g/mol. The van der Waals surface area contributed by atoms with Gasteiger partial charge in [0.2, 0.25) is 5.91 Å². The smallest absolute Gasteiger partial charge is 0.411 e. The van der Waals surface area contributed by atoms with Gasteiger partial charge in [-0.05, 0) is 49.6 Å². The minimum atomic E-state index is -0.487. The Kier molecular flexibility index (Phi) is 5.73. The molecule has 0 heterocycles. The van der Waals surface area contributed by atoms with Crippen molar-refractivity contribution in [3.8, 4) is 0 Å². The molecule has 2 amide bonds. The molecule has 26 heavy (non-hydrogen) atoms. The SMILES string of the molecule is CCOC(=O)Nc1ccc(N[C@@H](C(=O)NC2CC2)c2ccccc2)cc1. The molecule has 1 saturated carbocycles. The summed E-state index contributed by atoms with van der Waals surface area (Å²) >= 11 is 0. The molecular formula is C20H23N3O3. The fourth-order valence-corrected chi connectivity index (χ4v) is 2.56. The Morgan fingerprint density at radius 1 is 1.04 bits per heavy atom. The molecule has 0 unspecified atom stereocenters. The molecule has 1 aliphatic carbocycles. The van der Waals surface area contributed by atoms with Crippen molar-refractivity contribution in [2.45, 2.75) is 31.8 Å². The third kappa shape index (κ3) is 4.99. The number of carbonyl (C=O) groups is 2. The van der Waals surface area contributed by atoms with Crippen LogP contribution in [0.2, 0.25) is 0 Å². The second kappa shape index (κ2) is 8.38. The van der Waals surface area contributed by atoms with Gasteiger partial charge < -0.3 is 15.4 Å². The zero-order valence-corrected chi connectivity index (χ0v) is 14.7. The van der Waals surface area contributed by atoms with Crippen LogP contribution >= 0.6 is 0 Å². The van der Waals surface area contributed by atoms with Gasteiger partial charge in [0.1, 0.15) is 6.04 Å². The second-order valence-corrected chi connectivity index (χ2v) is 6.19. The topological polar surface area (TPSA) is 79.5 Å². The van der Waals surface area contributed by atoms with E-state index in [-0.39, 0.29) is 5.91 Å². The van der Waals surface area contributed by atoms with Gasteiger partial charge in [-0.3, -0.25) is 10.1 Å². The van der Waals surface area contributed by atoms with E-state index in [1.54, 1.807) is 19.1 Å². The van der Waals surface area contributed by atoms with Gasteiger partial charge in [0.25, 0.3) is 0 Å². The summed E-state index contributed by atoms with van der Waals surface area (Å²) in [6, 6.07) is 16.6. The van der Waals surface area contributed by atoms with E-state index in [0.717, 1.165) is 24.1 Å². The second-order valence-electron chi connectivity index (χ2n) is 6.19. The number of ether oxygens (including phenoxy) is 1. The van der Waals surface area contributed by atoms with Crippen LogP contribution < -0.4 is 16.0 Å². The Balaban J connectivity index is 1.69. The molecule has 0 bridgehead atoms. The molecule has 3 rings (SSSR count). The standard InChI is InChI=1S/C20H23N3O3/c1-2-26-20(25)23-17-12-8-15(9-13-17)21-18(14-6-4-3-5-7-14)19(24)22-16-10-11-16/h3-9,12-13,16,18,21H,2,10-11H2,1H3,(H,22,24)(H,23,25)/t18-/m1/s1. The summed E-state index contributed by atoms with van der Waals surface area (Å²) in [4.78, 5) is 24.1. The van der Waals surface area contributed by atoms with Gasteiger partial charge in [0, 0.05) is 17.4 Å². The first-order valence-electron chi connectivity index (χ1n) is 8.81. The van der Waals surface area contributed by atoms with E-state index >= 15 is 0 Å². The Morgan fingerprint density at radius 3 is 2.31 bits per heavy atom. The summed E-state index contributed by atoms with van der Waals surface area (Å²) < 4.78 is 4.85. The van der Waals surface area contributed by atoms with Crippen molar-refractivity contribution in [1.29, 1.82) is 0 Å². The van der Waals surface area contributed by atoms with Gasteiger partial charge in [-0.25, -0.2) is 4.79 Å². The molecule has 1 fully saturated rings. The van der Waals surface area contributed by atoms with E-state index < -0.39 is 12.1 Å². The van der Waals surface area contributed by atoms with Gasteiger partial charge in [-0.1, -0.05) is 30.3 Å². The summed E-state index contributed by atoms with van der Waals surface area (Å²) in [7, 11) is 0. The quantitative estimate of drug-likeness (QED) is 0.709. The van der Waals surface area contributed by atoms with Crippen LogP contribution in [-0.2, 0) is 9.53 Å². The molecule has 2 aromatic carbocycles. The average Bonchev–Trinajstić information content (AvgIpc) is 3.46. The monoisotopic (exact) mass is 353 g/mol. The van der Waals surface area contributed by atoms with Crippen LogP contribution in [0, 0.1) is 0 Å².